The molecular weight excluding hydrogens is 320 g/mol. The molecule has 1 unspecified atom stereocenters. The molecule has 0 bridgehead atoms. The zero-order chi connectivity index (χ0) is 17.4. The average molecular weight is 344 g/mol. The molecule has 0 aromatic carbocycles. The standard InChI is InChI=1S/C18H24N4O3/c19-16(23)13-3-1-4-14(20-13)21-17(24)22-11-18(7-2-8-18)15(22)12-5-9-25-10-6-12/h1,3-4,12,15H,2,5-11H2,(H2,19,23)(H,20,21,24). The number of anilines is 1. The predicted octanol–water partition coefficient (Wildman–Crippen LogP) is 1.99. The summed E-state index contributed by atoms with van der Waals surface area (Å²) in [5.41, 5.74) is 5.73. The molecule has 134 valence electrons. The Hall–Kier alpha value is -2.15. The Morgan fingerprint density at radius 2 is 2.04 bits per heavy atom. The van der Waals surface area contributed by atoms with Crippen molar-refractivity contribution in [2.75, 3.05) is 25.1 Å². The normalized spacial score (nSPS) is 25.1. The number of rotatable bonds is 3. The summed E-state index contributed by atoms with van der Waals surface area (Å²) in [5.74, 6) is 0.272. The lowest BCUT2D eigenvalue weighted by Gasteiger charge is -2.64. The van der Waals surface area contributed by atoms with Crippen LogP contribution in [-0.4, -0.2) is 47.6 Å². The summed E-state index contributed by atoms with van der Waals surface area (Å²) in [4.78, 5) is 30.1. The van der Waals surface area contributed by atoms with Crippen LogP contribution in [0.1, 0.15) is 42.6 Å². The summed E-state index contributed by atoms with van der Waals surface area (Å²) in [6, 6.07) is 5.04. The number of carbonyl (C=O) groups is 2. The first-order chi connectivity index (χ1) is 12.1. The Morgan fingerprint density at radius 3 is 2.68 bits per heavy atom. The number of ether oxygens (including phenoxy) is 1. The van der Waals surface area contributed by atoms with Crippen LogP contribution in [0.4, 0.5) is 10.6 Å². The average Bonchev–Trinajstić information content (AvgIpc) is 2.54. The van der Waals surface area contributed by atoms with Crippen LogP contribution >= 0.6 is 0 Å². The molecule has 7 heteroatoms. The third-order valence-corrected chi connectivity index (χ3v) is 6.01. The van der Waals surface area contributed by atoms with Gasteiger partial charge in [0.2, 0.25) is 0 Å². The first-order valence-electron chi connectivity index (χ1n) is 9.01. The summed E-state index contributed by atoms with van der Waals surface area (Å²) < 4.78 is 5.49. The van der Waals surface area contributed by atoms with Gasteiger partial charge >= 0.3 is 6.03 Å². The molecule has 1 saturated carbocycles. The van der Waals surface area contributed by atoms with Crippen molar-refractivity contribution in [2.24, 2.45) is 17.1 Å². The molecule has 2 aliphatic heterocycles. The number of likely N-dealkylation sites (tertiary alicyclic amines) is 1. The zero-order valence-corrected chi connectivity index (χ0v) is 14.2. The number of nitrogens with one attached hydrogen (secondary N) is 1. The minimum Gasteiger partial charge on any atom is -0.381 e. The van der Waals surface area contributed by atoms with Crippen LogP contribution in [0.2, 0.25) is 0 Å². The van der Waals surface area contributed by atoms with E-state index in [1.807, 2.05) is 4.90 Å². The van der Waals surface area contributed by atoms with E-state index >= 15 is 0 Å². The van der Waals surface area contributed by atoms with Crippen LogP contribution in [0.3, 0.4) is 0 Å². The molecule has 3 fully saturated rings. The summed E-state index contributed by atoms with van der Waals surface area (Å²) in [6.07, 6.45) is 5.73. The smallest absolute Gasteiger partial charge is 0.323 e. The lowest BCUT2D eigenvalue weighted by Crippen LogP contribution is -2.72. The number of amides is 3. The van der Waals surface area contributed by atoms with Crippen molar-refractivity contribution in [1.82, 2.24) is 9.88 Å². The second-order valence-electron chi connectivity index (χ2n) is 7.44. The summed E-state index contributed by atoms with van der Waals surface area (Å²) in [6.45, 7) is 2.39. The second-order valence-corrected chi connectivity index (χ2v) is 7.44. The van der Waals surface area contributed by atoms with Crippen LogP contribution in [0, 0.1) is 11.3 Å². The number of hydrogen-bond donors (Lipinski definition) is 2. The maximum Gasteiger partial charge on any atom is 0.323 e. The fourth-order valence-electron chi connectivity index (χ4n) is 4.64. The predicted molar refractivity (Wildman–Crippen MR) is 92.1 cm³/mol. The van der Waals surface area contributed by atoms with Gasteiger partial charge in [0.1, 0.15) is 11.5 Å². The van der Waals surface area contributed by atoms with E-state index in [0.29, 0.717) is 23.2 Å². The minimum absolute atomic E-state index is 0.136. The quantitative estimate of drug-likeness (QED) is 0.876. The van der Waals surface area contributed by atoms with E-state index in [2.05, 4.69) is 10.3 Å². The van der Waals surface area contributed by atoms with Crippen molar-refractivity contribution >= 4 is 17.8 Å². The van der Waals surface area contributed by atoms with E-state index in [0.717, 1.165) is 32.6 Å². The van der Waals surface area contributed by atoms with Crippen LogP contribution in [-0.2, 0) is 4.74 Å². The molecule has 1 aliphatic carbocycles. The number of pyridine rings is 1. The maximum atomic E-state index is 12.8. The van der Waals surface area contributed by atoms with Crippen LogP contribution in [0.15, 0.2) is 18.2 Å². The molecule has 1 atom stereocenters. The van der Waals surface area contributed by atoms with E-state index in [-0.39, 0.29) is 11.7 Å². The summed E-state index contributed by atoms with van der Waals surface area (Å²) in [7, 11) is 0. The molecule has 25 heavy (non-hydrogen) atoms. The molecule has 3 aliphatic rings. The van der Waals surface area contributed by atoms with Crippen LogP contribution < -0.4 is 11.1 Å². The topological polar surface area (TPSA) is 97.5 Å². The molecule has 1 aromatic rings. The lowest BCUT2D eigenvalue weighted by atomic mass is 9.54. The fraction of sp³-hybridized carbons (Fsp3) is 0.611. The van der Waals surface area contributed by atoms with Crippen LogP contribution in [0.5, 0.6) is 0 Å². The van der Waals surface area contributed by atoms with Gasteiger partial charge in [0, 0.05) is 31.2 Å². The summed E-state index contributed by atoms with van der Waals surface area (Å²) >= 11 is 0. The van der Waals surface area contributed by atoms with E-state index in [9.17, 15) is 9.59 Å². The van der Waals surface area contributed by atoms with Gasteiger partial charge in [-0.2, -0.15) is 0 Å². The Kier molecular flexibility index (Phi) is 4.11. The van der Waals surface area contributed by atoms with Gasteiger partial charge in [0.05, 0.1) is 0 Å². The van der Waals surface area contributed by atoms with Crippen molar-refractivity contribution in [3.05, 3.63) is 23.9 Å². The Balaban J connectivity index is 1.47. The highest BCUT2D eigenvalue weighted by molar-refractivity contribution is 5.93. The van der Waals surface area contributed by atoms with Gasteiger partial charge in [-0.1, -0.05) is 12.5 Å². The van der Waals surface area contributed by atoms with Gasteiger partial charge in [-0.25, -0.2) is 9.78 Å². The largest absolute Gasteiger partial charge is 0.381 e. The molecule has 3 amide bonds. The Morgan fingerprint density at radius 1 is 1.28 bits per heavy atom. The number of carbonyl (C=O) groups excluding carboxylic acids is 2. The Labute approximate surface area is 146 Å². The Bertz CT molecular complexity index is 683. The van der Waals surface area contributed by atoms with Gasteiger partial charge in [0.15, 0.2) is 0 Å². The highest BCUT2D eigenvalue weighted by Gasteiger charge is 2.59. The third kappa shape index (κ3) is 2.86. The van der Waals surface area contributed by atoms with Crippen molar-refractivity contribution in [1.29, 1.82) is 0 Å². The van der Waals surface area contributed by atoms with Gasteiger partial charge in [-0.15, -0.1) is 0 Å². The SMILES string of the molecule is NC(=O)c1cccc(NC(=O)N2CC3(CCC3)C2C2CCOCC2)n1. The van der Waals surface area contributed by atoms with Gasteiger partial charge in [-0.3, -0.25) is 10.1 Å². The van der Waals surface area contributed by atoms with E-state index < -0.39 is 5.91 Å². The maximum absolute atomic E-state index is 12.8. The molecule has 2 saturated heterocycles. The molecule has 3 N–H and O–H groups in total. The molecular formula is C18H24N4O3. The van der Waals surface area contributed by atoms with E-state index in [1.165, 1.54) is 25.3 Å². The van der Waals surface area contributed by atoms with Crippen molar-refractivity contribution < 1.29 is 14.3 Å². The highest BCUT2D eigenvalue weighted by atomic mass is 16.5. The van der Waals surface area contributed by atoms with Crippen molar-refractivity contribution in [3.8, 4) is 0 Å². The monoisotopic (exact) mass is 344 g/mol. The highest BCUT2D eigenvalue weighted by Crippen LogP contribution is 2.56. The van der Waals surface area contributed by atoms with E-state index in [1.54, 1.807) is 12.1 Å². The number of primary amides is 1. The van der Waals surface area contributed by atoms with Crippen LogP contribution in [0.25, 0.3) is 0 Å². The van der Waals surface area contributed by atoms with E-state index in [4.69, 9.17) is 10.5 Å². The van der Waals surface area contributed by atoms with Gasteiger partial charge < -0.3 is 15.4 Å². The number of nitrogens with zero attached hydrogens (tertiary/aromatic N) is 2. The summed E-state index contributed by atoms with van der Waals surface area (Å²) in [5, 5.41) is 2.83. The number of urea groups is 1. The van der Waals surface area contributed by atoms with Crippen molar-refractivity contribution in [2.45, 2.75) is 38.1 Å². The fourth-order valence-corrected chi connectivity index (χ4v) is 4.64. The molecule has 4 rings (SSSR count). The molecule has 3 heterocycles. The first kappa shape index (κ1) is 16.3. The second kappa shape index (κ2) is 6.29. The molecule has 1 spiro atoms. The zero-order valence-electron chi connectivity index (χ0n) is 14.2. The molecule has 1 aromatic heterocycles. The third-order valence-electron chi connectivity index (χ3n) is 6.01. The number of aromatic nitrogens is 1. The minimum atomic E-state index is -0.603. The van der Waals surface area contributed by atoms with Gasteiger partial charge in [-0.05, 0) is 43.7 Å². The molecule has 7 nitrogen and oxygen atoms in total. The lowest BCUT2D eigenvalue weighted by molar-refractivity contribution is -0.135. The van der Waals surface area contributed by atoms with Crippen molar-refractivity contribution in [3.63, 3.8) is 0 Å². The number of nitrogens with two attached hydrogens (primary N) is 1. The number of hydrogen-bond acceptors (Lipinski definition) is 4. The van der Waals surface area contributed by atoms with Gasteiger partial charge in [0.25, 0.3) is 5.91 Å². The first-order valence-corrected chi connectivity index (χ1v) is 9.01. The molecule has 0 radical (unpaired) electrons.